The van der Waals surface area contributed by atoms with Crippen molar-refractivity contribution in [1.82, 2.24) is 19.7 Å². The van der Waals surface area contributed by atoms with Gasteiger partial charge in [-0.1, -0.05) is 42.4 Å². The van der Waals surface area contributed by atoms with E-state index in [2.05, 4.69) is 63.8 Å². The number of aromatic nitrogens is 3. The van der Waals surface area contributed by atoms with Crippen molar-refractivity contribution < 1.29 is 4.79 Å². The van der Waals surface area contributed by atoms with E-state index >= 15 is 0 Å². The number of aryl methyl sites for hydroxylation is 1. The monoisotopic (exact) mass is 449 g/mol. The predicted molar refractivity (Wildman–Crippen MR) is 126 cm³/mol. The van der Waals surface area contributed by atoms with E-state index in [1.165, 1.54) is 25.8 Å². The highest BCUT2D eigenvalue weighted by atomic mass is 32.2. The van der Waals surface area contributed by atoms with Gasteiger partial charge in [0.25, 0.3) is 0 Å². The van der Waals surface area contributed by atoms with Crippen LogP contribution in [0, 0.1) is 0 Å². The molecule has 1 aromatic heterocycles. The lowest BCUT2D eigenvalue weighted by atomic mass is 10.2. The number of amides is 1. The van der Waals surface area contributed by atoms with Gasteiger partial charge in [0.1, 0.15) is 12.4 Å². The fourth-order valence-corrected chi connectivity index (χ4v) is 5.50. The first kappa shape index (κ1) is 20.9. The van der Waals surface area contributed by atoms with Gasteiger partial charge in [0.2, 0.25) is 5.91 Å². The first-order chi connectivity index (χ1) is 15.7. The molecule has 1 amide bonds. The van der Waals surface area contributed by atoms with E-state index in [4.69, 9.17) is 0 Å². The van der Waals surface area contributed by atoms with Crippen molar-refractivity contribution in [3.05, 3.63) is 64.8 Å². The standard InChI is InChI=1S/C24H27N5O2S/c30-23(17-29-24(31)28-15-7-1-2-13-22(28)26-29)25-14-8-16-27-18-9-3-5-11-20(18)32-21-12-6-4-10-19(21)27/h3-6,9-12H,1-2,7-8,13-17H2,(H,25,30). The third-order valence-corrected chi connectivity index (χ3v) is 7.12. The van der Waals surface area contributed by atoms with Gasteiger partial charge in [0.15, 0.2) is 0 Å². The Labute approximate surface area is 191 Å². The minimum Gasteiger partial charge on any atom is -0.354 e. The molecule has 166 valence electrons. The molecule has 0 spiro atoms. The van der Waals surface area contributed by atoms with E-state index in [0.717, 1.165) is 44.5 Å². The van der Waals surface area contributed by atoms with Crippen LogP contribution in [0.3, 0.4) is 0 Å². The molecule has 2 aliphatic heterocycles. The summed E-state index contributed by atoms with van der Waals surface area (Å²) in [5, 5.41) is 7.36. The van der Waals surface area contributed by atoms with E-state index in [-0.39, 0.29) is 18.1 Å². The summed E-state index contributed by atoms with van der Waals surface area (Å²) in [5.74, 6) is 0.635. The SMILES string of the molecule is O=C(Cn1nc2n(c1=O)CCCCC2)NCCCN1c2ccccc2Sc2ccccc21. The summed E-state index contributed by atoms with van der Waals surface area (Å²) in [4.78, 5) is 29.8. The molecule has 7 nitrogen and oxygen atoms in total. The molecule has 32 heavy (non-hydrogen) atoms. The van der Waals surface area contributed by atoms with Crippen LogP contribution in [0.4, 0.5) is 11.4 Å². The largest absolute Gasteiger partial charge is 0.354 e. The minimum atomic E-state index is -0.171. The summed E-state index contributed by atoms with van der Waals surface area (Å²) in [6, 6.07) is 16.8. The third-order valence-electron chi connectivity index (χ3n) is 5.99. The summed E-state index contributed by atoms with van der Waals surface area (Å²) in [5.41, 5.74) is 2.23. The number of anilines is 2. The number of hydrogen-bond acceptors (Lipinski definition) is 5. The van der Waals surface area contributed by atoms with E-state index in [1.54, 1.807) is 16.3 Å². The molecule has 0 unspecified atom stereocenters. The fourth-order valence-electron chi connectivity index (χ4n) is 4.41. The van der Waals surface area contributed by atoms with Crippen LogP contribution in [0.5, 0.6) is 0 Å². The average Bonchev–Trinajstić information content (AvgIpc) is 2.96. The molecule has 2 aromatic carbocycles. The second kappa shape index (κ2) is 9.24. The quantitative estimate of drug-likeness (QED) is 0.583. The molecule has 3 aromatic rings. The van der Waals surface area contributed by atoms with Crippen molar-refractivity contribution in [1.29, 1.82) is 0 Å². The van der Waals surface area contributed by atoms with Crippen LogP contribution >= 0.6 is 11.8 Å². The van der Waals surface area contributed by atoms with Crippen molar-refractivity contribution in [2.45, 2.75) is 55.0 Å². The summed E-state index contributed by atoms with van der Waals surface area (Å²) >= 11 is 1.79. The Kier molecular flexibility index (Phi) is 6.03. The van der Waals surface area contributed by atoms with Gasteiger partial charge in [-0.3, -0.25) is 9.36 Å². The van der Waals surface area contributed by atoms with Crippen molar-refractivity contribution in [2.75, 3.05) is 18.0 Å². The Hall–Kier alpha value is -3.00. The number of nitrogens with zero attached hydrogens (tertiary/aromatic N) is 4. The number of hydrogen-bond donors (Lipinski definition) is 1. The maximum absolute atomic E-state index is 12.5. The van der Waals surface area contributed by atoms with Crippen LogP contribution in [-0.4, -0.2) is 33.3 Å². The van der Waals surface area contributed by atoms with Crippen LogP contribution in [0.2, 0.25) is 0 Å². The normalized spacial score (nSPS) is 14.8. The van der Waals surface area contributed by atoms with Crippen LogP contribution in [0.1, 0.15) is 31.5 Å². The molecule has 1 N–H and O–H groups in total. The van der Waals surface area contributed by atoms with Gasteiger partial charge in [-0.15, -0.1) is 0 Å². The van der Waals surface area contributed by atoms with E-state index < -0.39 is 0 Å². The summed E-state index contributed by atoms with van der Waals surface area (Å²) in [7, 11) is 0. The smallest absolute Gasteiger partial charge is 0.346 e. The minimum absolute atomic E-state index is 0.0230. The molecule has 0 fully saturated rings. The van der Waals surface area contributed by atoms with Gasteiger partial charge in [0, 0.05) is 35.8 Å². The van der Waals surface area contributed by atoms with Crippen molar-refractivity contribution in [3.8, 4) is 0 Å². The Balaban J connectivity index is 1.19. The molecule has 0 saturated carbocycles. The van der Waals surface area contributed by atoms with Gasteiger partial charge >= 0.3 is 5.69 Å². The zero-order valence-electron chi connectivity index (χ0n) is 18.0. The average molecular weight is 450 g/mol. The molecule has 3 heterocycles. The molecule has 0 saturated heterocycles. The number of nitrogens with one attached hydrogen (secondary N) is 1. The molecular weight excluding hydrogens is 422 g/mol. The molecule has 0 radical (unpaired) electrons. The van der Waals surface area contributed by atoms with Crippen molar-refractivity contribution in [2.24, 2.45) is 0 Å². The van der Waals surface area contributed by atoms with Crippen LogP contribution in [-0.2, 0) is 24.3 Å². The maximum atomic E-state index is 12.5. The van der Waals surface area contributed by atoms with Gasteiger partial charge < -0.3 is 10.2 Å². The predicted octanol–water partition coefficient (Wildman–Crippen LogP) is 3.58. The lowest BCUT2D eigenvalue weighted by Gasteiger charge is -2.32. The molecule has 0 bridgehead atoms. The number of carbonyl (C=O) groups is 1. The van der Waals surface area contributed by atoms with Gasteiger partial charge in [0.05, 0.1) is 11.4 Å². The zero-order chi connectivity index (χ0) is 21.9. The Morgan fingerprint density at radius 3 is 2.47 bits per heavy atom. The molecule has 0 atom stereocenters. The van der Waals surface area contributed by atoms with Crippen LogP contribution in [0.25, 0.3) is 0 Å². The van der Waals surface area contributed by atoms with Gasteiger partial charge in [-0.25, -0.2) is 9.48 Å². The number of carbonyl (C=O) groups excluding carboxylic acids is 1. The number of benzene rings is 2. The summed E-state index contributed by atoms with van der Waals surface area (Å²) in [6.45, 7) is 2.03. The highest BCUT2D eigenvalue weighted by Crippen LogP contribution is 2.47. The van der Waals surface area contributed by atoms with Gasteiger partial charge in [-0.05, 0) is 43.5 Å². The van der Waals surface area contributed by atoms with E-state index in [9.17, 15) is 9.59 Å². The Bertz CT molecular complexity index is 1140. The van der Waals surface area contributed by atoms with E-state index in [0.29, 0.717) is 13.1 Å². The number of rotatable bonds is 6. The summed E-state index contributed by atoms with van der Waals surface area (Å²) < 4.78 is 3.04. The molecule has 5 rings (SSSR count). The van der Waals surface area contributed by atoms with Crippen molar-refractivity contribution >= 4 is 29.0 Å². The van der Waals surface area contributed by atoms with Gasteiger partial charge in [-0.2, -0.15) is 5.10 Å². The number of para-hydroxylation sites is 2. The Morgan fingerprint density at radius 2 is 1.72 bits per heavy atom. The highest BCUT2D eigenvalue weighted by molar-refractivity contribution is 7.99. The number of fused-ring (bicyclic) bond motifs is 3. The summed E-state index contributed by atoms with van der Waals surface area (Å²) in [6.07, 6.45) is 4.76. The molecule has 8 heteroatoms. The van der Waals surface area contributed by atoms with Crippen LogP contribution in [0.15, 0.2) is 63.1 Å². The highest BCUT2D eigenvalue weighted by Gasteiger charge is 2.22. The van der Waals surface area contributed by atoms with E-state index in [1.807, 2.05) is 0 Å². The fraction of sp³-hybridized carbons (Fsp3) is 0.375. The topological polar surface area (TPSA) is 72.2 Å². The Morgan fingerprint density at radius 1 is 1.00 bits per heavy atom. The second-order valence-electron chi connectivity index (χ2n) is 8.21. The first-order valence-electron chi connectivity index (χ1n) is 11.3. The lowest BCUT2D eigenvalue weighted by molar-refractivity contribution is -0.121. The molecular formula is C24H27N5O2S. The maximum Gasteiger partial charge on any atom is 0.346 e. The lowest BCUT2D eigenvalue weighted by Crippen LogP contribution is -2.35. The third kappa shape index (κ3) is 4.19. The van der Waals surface area contributed by atoms with Crippen molar-refractivity contribution in [3.63, 3.8) is 0 Å². The second-order valence-corrected chi connectivity index (χ2v) is 9.30. The first-order valence-corrected chi connectivity index (χ1v) is 12.1. The molecule has 0 aliphatic carbocycles. The molecule has 2 aliphatic rings. The zero-order valence-corrected chi connectivity index (χ0v) is 18.8. The van der Waals surface area contributed by atoms with Crippen LogP contribution < -0.4 is 15.9 Å².